The molecule has 35 nitrogen and oxygen atoms in total. The van der Waals surface area contributed by atoms with Gasteiger partial charge in [-0.25, -0.2) is 0 Å². The molecule has 20 N–H and O–H groups in total. The quantitative estimate of drug-likeness (QED) is 0.0298. The second-order valence-electron chi connectivity index (χ2n) is 32.8. The lowest BCUT2D eigenvalue weighted by Gasteiger charge is -2.51. The first-order valence-electron chi connectivity index (χ1n) is 43.8. The Morgan fingerprint density at radius 1 is 0.350 bits per heavy atom. The molecule has 0 aliphatic carbocycles. The summed E-state index contributed by atoms with van der Waals surface area (Å²) >= 11 is 0. The van der Waals surface area contributed by atoms with Gasteiger partial charge in [-0.3, -0.25) is 14.4 Å². The number of aliphatic hydroxyl groups is 17. The van der Waals surface area contributed by atoms with Crippen LogP contribution in [0.2, 0.25) is 0 Å². The van der Waals surface area contributed by atoms with Crippen molar-refractivity contribution in [1.82, 2.24) is 16.0 Å². The van der Waals surface area contributed by atoms with E-state index in [1.165, 1.54) is 155 Å². The molecule has 6 aliphatic rings. The first kappa shape index (κ1) is 103. The summed E-state index contributed by atoms with van der Waals surface area (Å²) in [5.41, 5.74) is 0. The number of carbonyl (C=O) groups is 3. The molecule has 12 unspecified atom stereocenters. The van der Waals surface area contributed by atoms with E-state index >= 15 is 0 Å². The van der Waals surface area contributed by atoms with Gasteiger partial charge in [-0.15, -0.1) is 0 Å². The Morgan fingerprint density at radius 2 is 0.684 bits per heavy atom. The molecule has 684 valence electrons. The van der Waals surface area contributed by atoms with E-state index < -0.39 is 248 Å². The van der Waals surface area contributed by atoms with E-state index in [-0.39, 0.29) is 12.3 Å². The summed E-state index contributed by atoms with van der Waals surface area (Å²) in [6.45, 7) is 2.40. The van der Waals surface area contributed by atoms with Crippen molar-refractivity contribution in [3.63, 3.8) is 0 Å². The summed E-state index contributed by atoms with van der Waals surface area (Å²) in [7, 11) is 0. The summed E-state index contributed by atoms with van der Waals surface area (Å²) in [5.74, 6) is -2.03. The molecule has 6 saturated heterocycles. The standard InChI is InChI=1S/C82H149N3O32/c1-6-8-10-12-14-16-18-20-21-22-23-24-25-26-27-29-31-33-35-37-39-41-58(94)85-51(52(93)40-38-36-34-32-30-28-19-17-15-13-11-9-7-2)47-106-79-69(103)67(101)73(57(46-90)112-79)114-81-70(104)76(64(98)54(43-87)109-81)117-78-60(84-50(5)92)74(62(96)53(42-86)108-78)115-82-71(105)75(63(97)55(44-88)110-82)116-77-59(83-49(4)91)65(99)72(56(45-89)111-77)113-80-68(102)66(100)61(95)48(3)107-80/h38,40,48,51-57,59-82,86-90,93,95-105H,6-37,39,41-47H2,1-5H3,(H,83,91)(H,84,92)(H,85,94)/b40-38+/t48?,51-,52+,53?,54?,55?,56?,57?,59?,60?,61+,62+,63-,64-,65+,66?,67+,68-,69?,70?,71?,72+,73+,74+,75-,76-,77-,78-,79+,80+,81-,82-/m0/s1. The summed E-state index contributed by atoms with van der Waals surface area (Å²) in [4.78, 5) is 39.5. The molecule has 6 aliphatic heterocycles. The van der Waals surface area contributed by atoms with E-state index in [2.05, 4.69) is 29.8 Å². The maximum absolute atomic E-state index is 13.6. The van der Waals surface area contributed by atoms with Gasteiger partial charge in [0.15, 0.2) is 37.7 Å². The summed E-state index contributed by atoms with van der Waals surface area (Å²) in [6.07, 6.45) is -11.1. The van der Waals surface area contributed by atoms with Crippen molar-refractivity contribution >= 4 is 17.7 Å². The van der Waals surface area contributed by atoms with Crippen LogP contribution < -0.4 is 16.0 Å². The van der Waals surface area contributed by atoms with E-state index in [1.807, 2.05) is 6.08 Å². The topological polar surface area (TPSA) is 542 Å². The van der Waals surface area contributed by atoms with Crippen LogP contribution in [0, 0.1) is 0 Å². The van der Waals surface area contributed by atoms with Crippen molar-refractivity contribution in [2.45, 2.75) is 449 Å². The van der Waals surface area contributed by atoms with Gasteiger partial charge in [-0.05, 0) is 26.2 Å². The average molecular weight is 1690 g/mol. The van der Waals surface area contributed by atoms with Gasteiger partial charge in [-0.1, -0.05) is 219 Å². The molecule has 0 saturated carbocycles. The Bertz CT molecular complexity index is 2690. The molecule has 0 radical (unpaired) electrons. The van der Waals surface area contributed by atoms with E-state index in [0.717, 1.165) is 65.2 Å². The molecule has 0 aromatic rings. The maximum atomic E-state index is 13.6. The van der Waals surface area contributed by atoms with E-state index in [0.29, 0.717) is 12.8 Å². The Balaban J connectivity index is 1.08. The van der Waals surface area contributed by atoms with Crippen LogP contribution in [0.15, 0.2) is 12.2 Å². The fourth-order valence-corrected chi connectivity index (χ4v) is 16.1. The van der Waals surface area contributed by atoms with Crippen LogP contribution in [0.5, 0.6) is 0 Å². The van der Waals surface area contributed by atoms with Crippen molar-refractivity contribution < 1.29 is 158 Å². The number of amides is 3. The minimum Gasteiger partial charge on any atom is -0.394 e. The highest BCUT2D eigenvalue weighted by Gasteiger charge is 2.59. The summed E-state index contributed by atoms with van der Waals surface area (Å²) in [5, 5.41) is 199. The van der Waals surface area contributed by atoms with Crippen LogP contribution >= 0.6 is 0 Å². The molecule has 6 heterocycles. The van der Waals surface area contributed by atoms with Crippen LogP contribution in [0.4, 0.5) is 0 Å². The lowest BCUT2D eigenvalue weighted by molar-refractivity contribution is -0.386. The number of aliphatic hydroxyl groups excluding tert-OH is 17. The Kier molecular flexibility index (Phi) is 49.2. The predicted octanol–water partition coefficient (Wildman–Crippen LogP) is 0.944. The van der Waals surface area contributed by atoms with Gasteiger partial charge in [0.2, 0.25) is 17.7 Å². The fourth-order valence-electron chi connectivity index (χ4n) is 16.1. The fraction of sp³-hybridized carbons (Fsp3) is 0.939. The molecular formula is C82H149N3O32. The average Bonchev–Trinajstić information content (AvgIpc) is 0.767. The molecule has 6 fully saturated rings. The third-order valence-electron chi connectivity index (χ3n) is 23.2. The minimum atomic E-state index is -2.26. The van der Waals surface area contributed by atoms with E-state index in [9.17, 15) is 101 Å². The molecular weight excluding hydrogens is 1540 g/mol. The molecule has 32 atom stereocenters. The van der Waals surface area contributed by atoms with Crippen LogP contribution in [-0.2, 0) is 71.2 Å². The summed E-state index contributed by atoms with van der Waals surface area (Å²) < 4.78 is 71.4. The van der Waals surface area contributed by atoms with Crippen LogP contribution in [0.1, 0.15) is 253 Å². The van der Waals surface area contributed by atoms with Crippen molar-refractivity contribution in [3.05, 3.63) is 12.2 Å². The number of carbonyl (C=O) groups excluding carboxylic acids is 3. The largest absolute Gasteiger partial charge is 0.394 e. The predicted molar refractivity (Wildman–Crippen MR) is 420 cm³/mol. The zero-order valence-corrected chi connectivity index (χ0v) is 69.6. The molecule has 6 rings (SSSR count). The van der Waals surface area contributed by atoms with E-state index in [4.69, 9.17) is 56.8 Å². The number of ether oxygens (including phenoxy) is 12. The van der Waals surface area contributed by atoms with Gasteiger partial charge < -0.3 is 160 Å². The second kappa shape index (κ2) is 56.1. The zero-order chi connectivity index (χ0) is 85.5. The molecule has 0 aromatic carbocycles. The summed E-state index contributed by atoms with van der Waals surface area (Å²) in [6, 6.07) is -4.64. The first-order chi connectivity index (χ1) is 56.3. The van der Waals surface area contributed by atoms with Crippen molar-refractivity contribution in [3.8, 4) is 0 Å². The molecule has 0 spiro atoms. The molecule has 117 heavy (non-hydrogen) atoms. The van der Waals surface area contributed by atoms with Crippen LogP contribution in [0.3, 0.4) is 0 Å². The SMILES string of the molecule is CCCCCCCCCCCCC/C=C/[C@@H](O)[C@H](CO[C@@H]1OC(CO)[C@@H](O[C@@H]2OC(CO)[C@H](O)[C@H](O[C@@H]3OC(CO)[C@@H](O)[C@H](O[C@@H]4OC(CO)[C@H](O)[C@H](O[C@@H]5OC(CO)[C@@H](O[C@H]6OC(C)[C@@H](O)C(O)[C@@H]6O)[C@H](O)C5NC(C)=O)C4O)C3NC(C)=O)C2O)[C@H](O)C1O)NC(=O)CCCCCCCCCCCCCCCCCCCCCCC. The number of allylic oxidation sites excluding steroid dienone is 1. The van der Waals surface area contributed by atoms with E-state index in [1.54, 1.807) is 6.08 Å². The molecule has 0 aromatic heterocycles. The third-order valence-corrected chi connectivity index (χ3v) is 23.2. The van der Waals surface area contributed by atoms with Gasteiger partial charge in [-0.2, -0.15) is 0 Å². The lowest BCUT2D eigenvalue weighted by atomic mass is 9.93. The highest BCUT2D eigenvalue weighted by molar-refractivity contribution is 5.76. The monoisotopic (exact) mass is 1690 g/mol. The van der Waals surface area contributed by atoms with Crippen molar-refractivity contribution in [2.75, 3.05) is 39.6 Å². The van der Waals surface area contributed by atoms with Gasteiger partial charge in [0.25, 0.3) is 0 Å². The third kappa shape index (κ3) is 32.8. The zero-order valence-electron chi connectivity index (χ0n) is 69.6. The number of nitrogens with one attached hydrogen (secondary N) is 3. The van der Waals surface area contributed by atoms with Gasteiger partial charge in [0.05, 0.1) is 57.9 Å². The minimum absolute atomic E-state index is 0.175. The number of rotatable bonds is 57. The first-order valence-corrected chi connectivity index (χ1v) is 43.8. The Hall–Kier alpha value is -3.01. The van der Waals surface area contributed by atoms with Crippen LogP contribution in [-0.4, -0.2) is 340 Å². The molecule has 0 bridgehead atoms. The van der Waals surface area contributed by atoms with Crippen molar-refractivity contribution in [2.24, 2.45) is 0 Å². The van der Waals surface area contributed by atoms with Gasteiger partial charge in [0.1, 0.15) is 140 Å². The normalized spacial score (nSPS) is 36.1. The van der Waals surface area contributed by atoms with Crippen molar-refractivity contribution in [1.29, 1.82) is 0 Å². The van der Waals surface area contributed by atoms with Gasteiger partial charge >= 0.3 is 0 Å². The number of unbranched alkanes of at least 4 members (excludes halogenated alkanes) is 31. The Morgan fingerprint density at radius 3 is 1.11 bits per heavy atom. The Labute approximate surface area is 690 Å². The number of hydrogen-bond acceptors (Lipinski definition) is 32. The number of hydrogen-bond donors (Lipinski definition) is 20. The highest BCUT2D eigenvalue weighted by atomic mass is 16.8. The second-order valence-corrected chi connectivity index (χ2v) is 32.8. The smallest absolute Gasteiger partial charge is 0.220 e. The maximum Gasteiger partial charge on any atom is 0.220 e. The molecule has 3 amide bonds. The van der Waals surface area contributed by atoms with Crippen LogP contribution in [0.25, 0.3) is 0 Å². The lowest BCUT2D eigenvalue weighted by Crippen LogP contribution is -2.71. The van der Waals surface area contributed by atoms with Gasteiger partial charge in [0, 0.05) is 20.3 Å². The highest BCUT2D eigenvalue weighted by Crippen LogP contribution is 2.38. The molecule has 35 heteroatoms.